The number of rotatable bonds is 4. The summed E-state index contributed by atoms with van der Waals surface area (Å²) in [5.41, 5.74) is 1.37. The lowest BCUT2D eigenvalue weighted by molar-refractivity contribution is 0.273. The second-order valence-corrected chi connectivity index (χ2v) is 5.16. The number of halogens is 1. The normalized spacial score (nSPS) is 19.4. The van der Waals surface area contributed by atoms with E-state index in [0.717, 1.165) is 36.2 Å². The summed E-state index contributed by atoms with van der Waals surface area (Å²) in [6, 6.07) is 8.37. The van der Waals surface area contributed by atoms with Crippen molar-refractivity contribution in [2.75, 3.05) is 24.0 Å². The Kier molecular flexibility index (Phi) is 4.21. The highest BCUT2D eigenvalue weighted by atomic mass is 35.5. The van der Waals surface area contributed by atoms with Crippen LogP contribution >= 0.6 is 23.4 Å². The van der Waals surface area contributed by atoms with Crippen LogP contribution in [0.5, 0.6) is 5.75 Å². The first kappa shape index (κ1) is 11.2. The molecule has 0 aliphatic carbocycles. The maximum Gasteiger partial charge on any atom is 0.122 e. The Morgan fingerprint density at radius 3 is 3.13 bits per heavy atom. The van der Waals surface area contributed by atoms with Crippen LogP contribution in [0.1, 0.15) is 17.9 Å². The first-order chi connectivity index (χ1) is 7.42. The van der Waals surface area contributed by atoms with Gasteiger partial charge in [-0.25, -0.2) is 0 Å². The molecule has 0 aromatic heterocycles. The molecule has 0 saturated carbocycles. The second-order valence-electron chi connectivity index (χ2n) is 3.64. The third kappa shape index (κ3) is 2.82. The van der Waals surface area contributed by atoms with Gasteiger partial charge in [-0.15, -0.1) is 11.6 Å². The Bertz CT molecular complexity index is 316. The van der Waals surface area contributed by atoms with Gasteiger partial charge in [-0.1, -0.05) is 18.2 Å². The predicted octanol–water partition coefficient (Wildman–Crippen LogP) is 3.52. The fourth-order valence-electron chi connectivity index (χ4n) is 1.87. The minimum atomic E-state index is 0.642. The standard InChI is InChI=1S/C12H15ClOS/c13-6-8-15-9-10-5-7-14-12-4-2-1-3-11(10)12/h1-4,10H,5-9H2. The summed E-state index contributed by atoms with van der Waals surface area (Å²) in [7, 11) is 0. The van der Waals surface area contributed by atoms with Gasteiger partial charge in [0, 0.05) is 17.4 Å². The van der Waals surface area contributed by atoms with Gasteiger partial charge in [0.15, 0.2) is 0 Å². The summed E-state index contributed by atoms with van der Waals surface area (Å²) in [4.78, 5) is 0. The second kappa shape index (κ2) is 5.66. The van der Waals surface area contributed by atoms with Crippen LogP contribution in [0.2, 0.25) is 0 Å². The number of para-hydroxylation sites is 1. The molecule has 1 aliphatic heterocycles. The van der Waals surface area contributed by atoms with Crippen molar-refractivity contribution in [3.8, 4) is 5.75 Å². The molecular formula is C12H15ClOS. The van der Waals surface area contributed by atoms with Gasteiger partial charge < -0.3 is 4.74 Å². The lowest BCUT2D eigenvalue weighted by Gasteiger charge is -2.25. The maximum atomic E-state index is 5.67. The smallest absolute Gasteiger partial charge is 0.122 e. The van der Waals surface area contributed by atoms with Gasteiger partial charge in [0.05, 0.1) is 6.61 Å². The molecule has 82 valence electrons. The topological polar surface area (TPSA) is 9.23 Å². The highest BCUT2D eigenvalue weighted by Gasteiger charge is 2.20. The number of hydrogen-bond donors (Lipinski definition) is 0. The van der Waals surface area contributed by atoms with E-state index in [1.807, 2.05) is 17.8 Å². The van der Waals surface area contributed by atoms with Gasteiger partial charge in [-0.05, 0) is 24.0 Å². The lowest BCUT2D eigenvalue weighted by atomic mass is 9.95. The van der Waals surface area contributed by atoms with Crippen LogP contribution in [0.25, 0.3) is 0 Å². The summed E-state index contributed by atoms with van der Waals surface area (Å²) in [6.07, 6.45) is 1.13. The minimum absolute atomic E-state index is 0.642. The van der Waals surface area contributed by atoms with Crippen molar-refractivity contribution in [3.63, 3.8) is 0 Å². The third-order valence-electron chi connectivity index (χ3n) is 2.62. The van der Waals surface area contributed by atoms with E-state index in [1.54, 1.807) is 0 Å². The monoisotopic (exact) mass is 242 g/mol. The Morgan fingerprint density at radius 1 is 1.40 bits per heavy atom. The molecule has 1 aromatic rings. The maximum absolute atomic E-state index is 5.67. The quantitative estimate of drug-likeness (QED) is 0.590. The molecular weight excluding hydrogens is 228 g/mol. The zero-order valence-electron chi connectivity index (χ0n) is 8.62. The Hall–Kier alpha value is -0.340. The first-order valence-electron chi connectivity index (χ1n) is 5.27. The summed E-state index contributed by atoms with van der Waals surface area (Å²) < 4.78 is 5.62. The average Bonchev–Trinajstić information content (AvgIpc) is 2.30. The predicted molar refractivity (Wildman–Crippen MR) is 67.3 cm³/mol. The average molecular weight is 243 g/mol. The fourth-order valence-corrected chi connectivity index (χ4v) is 3.10. The van der Waals surface area contributed by atoms with Crippen LogP contribution < -0.4 is 4.74 Å². The van der Waals surface area contributed by atoms with Gasteiger partial charge in [0.25, 0.3) is 0 Å². The molecule has 1 aliphatic rings. The summed E-state index contributed by atoms with van der Waals surface area (Å²) in [5.74, 6) is 4.66. The number of ether oxygens (including phenoxy) is 1. The van der Waals surface area contributed by atoms with Gasteiger partial charge >= 0.3 is 0 Å². The molecule has 0 saturated heterocycles. The van der Waals surface area contributed by atoms with Gasteiger partial charge in [0.1, 0.15) is 5.75 Å². The summed E-state index contributed by atoms with van der Waals surface area (Å²) in [6.45, 7) is 0.850. The molecule has 0 bridgehead atoms. The molecule has 1 aromatic carbocycles. The van der Waals surface area contributed by atoms with Gasteiger partial charge in [-0.3, -0.25) is 0 Å². The molecule has 2 rings (SSSR count). The number of fused-ring (bicyclic) bond motifs is 1. The Morgan fingerprint density at radius 2 is 2.27 bits per heavy atom. The molecule has 3 heteroatoms. The van der Waals surface area contributed by atoms with Gasteiger partial charge in [0.2, 0.25) is 0 Å². The first-order valence-corrected chi connectivity index (χ1v) is 6.96. The largest absolute Gasteiger partial charge is 0.493 e. The number of benzene rings is 1. The zero-order valence-corrected chi connectivity index (χ0v) is 10.2. The van der Waals surface area contributed by atoms with Crippen molar-refractivity contribution in [1.82, 2.24) is 0 Å². The van der Waals surface area contributed by atoms with Crippen LogP contribution in [0.4, 0.5) is 0 Å². The van der Waals surface area contributed by atoms with E-state index in [4.69, 9.17) is 16.3 Å². The summed E-state index contributed by atoms with van der Waals surface area (Å²) in [5, 5.41) is 0. The van der Waals surface area contributed by atoms with Gasteiger partial charge in [-0.2, -0.15) is 11.8 Å². The Labute approximate surface area is 100 Å². The molecule has 1 nitrogen and oxygen atoms in total. The van der Waals surface area contributed by atoms with Crippen molar-refractivity contribution in [2.24, 2.45) is 0 Å². The molecule has 0 radical (unpaired) electrons. The zero-order chi connectivity index (χ0) is 10.5. The van der Waals surface area contributed by atoms with E-state index in [1.165, 1.54) is 5.56 Å². The molecule has 0 amide bonds. The number of alkyl halides is 1. The Balaban J connectivity index is 2.02. The number of thioether (sulfide) groups is 1. The van der Waals surface area contributed by atoms with Crippen LogP contribution in [0, 0.1) is 0 Å². The van der Waals surface area contributed by atoms with E-state index in [-0.39, 0.29) is 0 Å². The molecule has 0 fully saturated rings. The van der Waals surface area contributed by atoms with E-state index in [2.05, 4.69) is 18.2 Å². The van der Waals surface area contributed by atoms with E-state index >= 15 is 0 Å². The number of hydrogen-bond acceptors (Lipinski definition) is 2. The SMILES string of the molecule is ClCCSCC1CCOc2ccccc21. The lowest BCUT2D eigenvalue weighted by Crippen LogP contribution is -2.15. The van der Waals surface area contributed by atoms with Crippen molar-refractivity contribution >= 4 is 23.4 Å². The van der Waals surface area contributed by atoms with Crippen molar-refractivity contribution < 1.29 is 4.74 Å². The van der Waals surface area contributed by atoms with Crippen molar-refractivity contribution in [2.45, 2.75) is 12.3 Å². The molecule has 1 atom stereocenters. The van der Waals surface area contributed by atoms with Crippen molar-refractivity contribution in [1.29, 1.82) is 0 Å². The van der Waals surface area contributed by atoms with Crippen LogP contribution in [-0.4, -0.2) is 24.0 Å². The third-order valence-corrected chi connectivity index (χ3v) is 4.17. The van der Waals surface area contributed by atoms with Crippen molar-refractivity contribution in [3.05, 3.63) is 29.8 Å². The van der Waals surface area contributed by atoms with Crippen LogP contribution in [0.3, 0.4) is 0 Å². The highest BCUT2D eigenvalue weighted by Crippen LogP contribution is 2.35. The molecule has 1 heterocycles. The molecule has 0 spiro atoms. The molecule has 15 heavy (non-hydrogen) atoms. The van der Waals surface area contributed by atoms with E-state index < -0.39 is 0 Å². The van der Waals surface area contributed by atoms with E-state index in [0.29, 0.717) is 5.92 Å². The van der Waals surface area contributed by atoms with Crippen LogP contribution in [0.15, 0.2) is 24.3 Å². The fraction of sp³-hybridized carbons (Fsp3) is 0.500. The van der Waals surface area contributed by atoms with Crippen LogP contribution in [-0.2, 0) is 0 Å². The molecule has 0 N–H and O–H groups in total. The highest BCUT2D eigenvalue weighted by molar-refractivity contribution is 7.99. The summed E-state index contributed by atoms with van der Waals surface area (Å²) >= 11 is 7.61. The van der Waals surface area contributed by atoms with E-state index in [9.17, 15) is 0 Å². The minimum Gasteiger partial charge on any atom is -0.493 e. The molecule has 1 unspecified atom stereocenters.